The van der Waals surface area contributed by atoms with Gasteiger partial charge in [0.2, 0.25) is 0 Å². The summed E-state index contributed by atoms with van der Waals surface area (Å²) in [6, 6.07) is 0. The lowest BCUT2D eigenvalue weighted by molar-refractivity contribution is -0.145. The zero-order valence-electron chi connectivity index (χ0n) is 8.10. The molecule has 0 atom stereocenters. The minimum absolute atomic E-state index is 0.00588. The Kier molecular flexibility index (Phi) is 3.79. The van der Waals surface area contributed by atoms with Gasteiger partial charge < -0.3 is 4.74 Å². The first-order chi connectivity index (χ1) is 4.83. The van der Waals surface area contributed by atoms with Gasteiger partial charge >= 0.3 is 5.97 Å². The number of ether oxygens (including phenoxy) is 1. The molecule has 0 amide bonds. The molecule has 0 aliphatic carbocycles. The van der Waals surface area contributed by atoms with Gasteiger partial charge in [-0.25, -0.2) is 0 Å². The van der Waals surface area contributed by atoms with Crippen LogP contribution in [0.5, 0.6) is 0 Å². The predicted octanol–water partition coefficient (Wildman–Crippen LogP) is 2.06. The van der Waals surface area contributed by atoms with Crippen LogP contribution >= 0.6 is 0 Å². The zero-order valence-corrected chi connectivity index (χ0v) is 9.10. The fourth-order valence-corrected chi connectivity index (χ4v) is 1.03. The third kappa shape index (κ3) is 6.10. The van der Waals surface area contributed by atoms with Crippen molar-refractivity contribution < 1.29 is 9.53 Å². The highest BCUT2D eigenvalue weighted by molar-refractivity contribution is 6.76. The van der Waals surface area contributed by atoms with Gasteiger partial charge in [-0.05, 0) is 0 Å². The highest BCUT2D eigenvalue weighted by Gasteiger charge is 2.17. The molecule has 0 bridgehead atoms. The van der Waals surface area contributed by atoms with Crippen molar-refractivity contribution >= 4 is 14.0 Å². The summed E-state index contributed by atoms with van der Waals surface area (Å²) in [6.07, 6.45) is 0.643. The van der Waals surface area contributed by atoms with Crippen molar-refractivity contribution in [3.8, 4) is 0 Å². The first-order valence-corrected chi connectivity index (χ1v) is 7.70. The molecule has 0 aromatic rings. The molecule has 0 radical (unpaired) electrons. The molecule has 0 saturated carbocycles. The molecule has 11 heavy (non-hydrogen) atoms. The molecule has 0 N–H and O–H groups in total. The Bertz CT molecular complexity index is 136. The molecule has 0 aliphatic heterocycles. The molecular formula is C8H18O2Si. The molecule has 0 aliphatic rings. The van der Waals surface area contributed by atoms with Crippen LogP contribution in [0.3, 0.4) is 0 Å². The second kappa shape index (κ2) is 3.90. The molecule has 0 unspecified atom stereocenters. The van der Waals surface area contributed by atoms with Crippen LogP contribution in [-0.4, -0.2) is 20.3 Å². The average molecular weight is 174 g/mol. The molecule has 0 fully saturated rings. The van der Waals surface area contributed by atoms with Crippen molar-refractivity contribution in [3.05, 3.63) is 0 Å². The molecule has 0 aromatic heterocycles. The van der Waals surface area contributed by atoms with Gasteiger partial charge in [0, 0.05) is 0 Å². The van der Waals surface area contributed by atoms with Crippen LogP contribution in [0, 0.1) is 5.92 Å². The molecule has 0 aromatic carbocycles. The quantitative estimate of drug-likeness (QED) is 0.483. The monoisotopic (exact) mass is 174 g/mol. The van der Waals surface area contributed by atoms with Crippen molar-refractivity contribution in [1.29, 1.82) is 0 Å². The van der Waals surface area contributed by atoms with E-state index in [-0.39, 0.29) is 11.9 Å². The molecular weight excluding hydrogens is 156 g/mol. The number of carbonyl (C=O) groups excluding carboxylic acids is 1. The second-order valence-electron chi connectivity index (χ2n) is 4.32. The standard InChI is InChI=1S/C8H18O2Si/c1-7(2)8(9)10-6-11(3,4)5/h7H,6H2,1-5H3. The summed E-state index contributed by atoms with van der Waals surface area (Å²) in [7, 11) is -1.21. The van der Waals surface area contributed by atoms with E-state index in [9.17, 15) is 4.79 Å². The Morgan fingerprint density at radius 2 is 1.82 bits per heavy atom. The lowest BCUT2D eigenvalue weighted by Crippen LogP contribution is -2.30. The SMILES string of the molecule is CC(C)C(=O)OC[Si](C)(C)C. The lowest BCUT2D eigenvalue weighted by atomic mass is 10.2. The maximum Gasteiger partial charge on any atom is 0.308 e. The summed E-state index contributed by atoms with van der Waals surface area (Å²) in [5.41, 5.74) is 0. The van der Waals surface area contributed by atoms with Crippen molar-refractivity contribution in [3.63, 3.8) is 0 Å². The van der Waals surface area contributed by atoms with Gasteiger partial charge in [0.25, 0.3) is 0 Å². The predicted molar refractivity (Wildman–Crippen MR) is 49.1 cm³/mol. The minimum Gasteiger partial charge on any atom is -0.469 e. The topological polar surface area (TPSA) is 26.3 Å². The van der Waals surface area contributed by atoms with E-state index < -0.39 is 8.07 Å². The molecule has 66 valence electrons. The summed E-state index contributed by atoms with van der Waals surface area (Å²) in [5, 5.41) is 0. The van der Waals surface area contributed by atoms with E-state index in [1.807, 2.05) is 13.8 Å². The first kappa shape index (κ1) is 10.7. The lowest BCUT2D eigenvalue weighted by Gasteiger charge is -2.16. The molecule has 0 saturated heterocycles. The van der Waals surface area contributed by atoms with Gasteiger partial charge in [-0.2, -0.15) is 0 Å². The van der Waals surface area contributed by atoms with Gasteiger partial charge in [-0.3, -0.25) is 4.79 Å². The van der Waals surface area contributed by atoms with E-state index in [0.29, 0.717) is 6.23 Å². The number of hydrogen-bond acceptors (Lipinski definition) is 2. The Balaban J connectivity index is 3.64. The molecule has 0 rings (SSSR count). The van der Waals surface area contributed by atoms with Crippen LogP contribution < -0.4 is 0 Å². The van der Waals surface area contributed by atoms with Crippen LogP contribution in [-0.2, 0) is 9.53 Å². The van der Waals surface area contributed by atoms with Crippen LogP contribution in [0.1, 0.15) is 13.8 Å². The molecule has 0 heterocycles. The Morgan fingerprint density at radius 3 is 2.09 bits per heavy atom. The Labute approximate surface area is 69.9 Å². The summed E-state index contributed by atoms with van der Waals surface area (Å²) < 4.78 is 5.09. The Hall–Kier alpha value is -0.313. The highest BCUT2D eigenvalue weighted by Crippen LogP contribution is 2.03. The normalized spacial score (nSPS) is 11.8. The highest BCUT2D eigenvalue weighted by atomic mass is 28.3. The van der Waals surface area contributed by atoms with Crippen LogP contribution in [0.15, 0.2) is 0 Å². The first-order valence-electron chi connectivity index (χ1n) is 3.99. The van der Waals surface area contributed by atoms with E-state index in [0.717, 1.165) is 0 Å². The van der Waals surface area contributed by atoms with Crippen LogP contribution in [0.25, 0.3) is 0 Å². The van der Waals surface area contributed by atoms with Gasteiger partial charge in [0.05, 0.1) is 20.2 Å². The van der Waals surface area contributed by atoms with Crippen LogP contribution in [0.2, 0.25) is 19.6 Å². The maximum atomic E-state index is 11.0. The maximum absolute atomic E-state index is 11.0. The van der Waals surface area contributed by atoms with E-state index in [1.54, 1.807) is 0 Å². The van der Waals surface area contributed by atoms with E-state index >= 15 is 0 Å². The minimum atomic E-state index is -1.21. The van der Waals surface area contributed by atoms with Crippen LogP contribution in [0.4, 0.5) is 0 Å². The largest absolute Gasteiger partial charge is 0.469 e. The van der Waals surface area contributed by atoms with E-state index in [2.05, 4.69) is 19.6 Å². The number of esters is 1. The summed E-state index contributed by atoms with van der Waals surface area (Å²) in [5.74, 6) is -0.0706. The van der Waals surface area contributed by atoms with Gasteiger partial charge in [-0.15, -0.1) is 0 Å². The number of hydrogen-bond donors (Lipinski definition) is 0. The zero-order chi connectivity index (χ0) is 9.07. The fourth-order valence-electron chi connectivity index (χ4n) is 0.454. The summed E-state index contributed by atoms with van der Waals surface area (Å²) in [6.45, 7) is 10.3. The van der Waals surface area contributed by atoms with Gasteiger partial charge in [-0.1, -0.05) is 33.5 Å². The van der Waals surface area contributed by atoms with Gasteiger partial charge in [0.15, 0.2) is 0 Å². The average Bonchev–Trinajstić information content (AvgIpc) is 1.80. The number of rotatable bonds is 3. The van der Waals surface area contributed by atoms with Gasteiger partial charge in [0.1, 0.15) is 0 Å². The molecule has 0 spiro atoms. The van der Waals surface area contributed by atoms with Crippen molar-refractivity contribution in [1.82, 2.24) is 0 Å². The smallest absolute Gasteiger partial charge is 0.308 e. The third-order valence-electron chi connectivity index (χ3n) is 1.12. The number of carbonyl (C=O) groups is 1. The van der Waals surface area contributed by atoms with Crippen molar-refractivity contribution in [2.75, 3.05) is 6.23 Å². The summed E-state index contributed by atoms with van der Waals surface area (Å²) >= 11 is 0. The van der Waals surface area contributed by atoms with Crippen molar-refractivity contribution in [2.45, 2.75) is 33.5 Å². The van der Waals surface area contributed by atoms with E-state index in [4.69, 9.17) is 4.74 Å². The fraction of sp³-hybridized carbons (Fsp3) is 0.875. The molecule has 2 nitrogen and oxygen atoms in total. The van der Waals surface area contributed by atoms with Crippen molar-refractivity contribution in [2.24, 2.45) is 5.92 Å². The van der Waals surface area contributed by atoms with E-state index in [1.165, 1.54) is 0 Å². The summed E-state index contributed by atoms with van der Waals surface area (Å²) in [4.78, 5) is 11.0. The molecule has 3 heteroatoms. The third-order valence-corrected chi connectivity index (χ3v) is 2.13. The Morgan fingerprint density at radius 1 is 1.36 bits per heavy atom. The second-order valence-corrected chi connectivity index (χ2v) is 9.73.